The summed E-state index contributed by atoms with van der Waals surface area (Å²) in [6.45, 7) is 4.18. The van der Waals surface area contributed by atoms with Crippen LogP contribution in [0.15, 0.2) is 30.5 Å². The van der Waals surface area contributed by atoms with Gasteiger partial charge in [0.2, 0.25) is 5.91 Å². The molecule has 1 N–H and O–H groups in total. The Balaban J connectivity index is 1.51. The lowest BCUT2D eigenvalue weighted by Gasteiger charge is -2.30. The number of hydrogen-bond donors (Lipinski definition) is 1. The van der Waals surface area contributed by atoms with Crippen LogP contribution in [-0.4, -0.2) is 28.9 Å². The van der Waals surface area contributed by atoms with Crippen LogP contribution < -0.4 is 0 Å². The van der Waals surface area contributed by atoms with Crippen LogP contribution in [0.5, 0.6) is 0 Å². The molecule has 112 valence electrons. The number of amides is 1. The molecular formula is C18H24N2O. The predicted molar refractivity (Wildman–Crippen MR) is 86.2 cm³/mol. The molecule has 3 nitrogen and oxygen atoms in total. The second kappa shape index (κ2) is 6.33. The highest BCUT2D eigenvalue weighted by Crippen LogP contribution is 2.20. The average molecular weight is 284 g/mol. The van der Waals surface area contributed by atoms with E-state index in [0.29, 0.717) is 12.3 Å². The molecule has 0 spiro atoms. The number of benzene rings is 1. The standard InChI is InChI=1S/C18H24N2O/c1-14-9-11-20(12-10-14)18(21)8-4-5-15-13-19-17-7-3-2-6-16(15)17/h2-3,6-7,13-14,19H,4-5,8-12H2,1H3. The van der Waals surface area contributed by atoms with Gasteiger partial charge >= 0.3 is 0 Å². The number of likely N-dealkylation sites (tertiary alicyclic amines) is 1. The minimum absolute atomic E-state index is 0.335. The van der Waals surface area contributed by atoms with Crippen LogP contribution in [0, 0.1) is 5.92 Å². The topological polar surface area (TPSA) is 36.1 Å². The van der Waals surface area contributed by atoms with Crippen molar-refractivity contribution in [3.63, 3.8) is 0 Å². The number of fused-ring (bicyclic) bond motifs is 1. The summed E-state index contributed by atoms with van der Waals surface area (Å²) in [6, 6.07) is 8.36. The fourth-order valence-electron chi connectivity index (χ4n) is 3.18. The van der Waals surface area contributed by atoms with Crippen molar-refractivity contribution in [3.05, 3.63) is 36.0 Å². The quantitative estimate of drug-likeness (QED) is 0.912. The molecule has 1 aliphatic heterocycles. The second-order valence-electron chi connectivity index (χ2n) is 6.28. The summed E-state index contributed by atoms with van der Waals surface area (Å²) >= 11 is 0. The van der Waals surface area contributed by atoms with Gasteiger partial charge in [0.05, 0.1) is 0 Å². The third kappa shape index (κ3) is 3.29. The van der Waals surface area contributed by atoms with E-state index in [-0.39, 0.29) is 0 Å². The fraction of sp³-hybridized carbons (Fsp3) is 0.500. The van der Waals surface area contributed by atoms with E-state index in [9.17, 15) is 4.79 Å². The predicted octanol–water partition coefficient (Wildman–Crippen LogP) is 3.75. The molecule has 2 heterocycles. The molecule has 1 aromatic heterocycles. The average Bonchev–Trinajstić information content (AvgIpc) is 2.91. The van der Waals surface area contributed by atoms with E-state index in [1.807, 2.05) is 6.07 Å². The minimum atomic E-state index is 0.335. The number of aromatic amines is 1. The number of carbonyl (C=O) groups is 1. The Bertz CT molecular complexity index is 608. The van der Waals surface area contributed by atoms with E-state index in [2.05, 4.69) is 41.2 Å². The molecule has 2 aromatic rings. The Hall–Kier alpha value is -1.77. The zero-order valence-electron chi connectivity index (χ0n) is 12.8. The highest BCUT2D eigenvalue weighted by molar-refractivity contribution is 5.83. The molecule has 1 saturated heterocycles. The van der Waals surface area contributed by atoms with Crippen molar-refractivity contribution < 1.29 is 4.79 Å². The molecule has 1 amide bonds. The van der Waals surface area contributed by atoms with E-state index < -0.39 is 0 Å². The van der Waals surface area contributed by atoms with Gasteiger partial charge in [-0.25, -0.2) is 0 Å². The van der Waals surface area contributed by atoms with Gasteiger partial charge in [-0.3, -0.25) is 4.79 Å². The van der Waals surface area contributed by atoms with Gasteiger partial charge in [0, 0.05) is 36.6 Å². The van der Waals surface area contributed by atoms with E-state index in [4.69, 9.17) is 0 Å². The van der Waals surface area contributed by atoms with Gasteiger partial charge in [-0.05, 0) is 43.2 Å². The Labute approximate surface area is 126 Å². The van der Waals surface area contributed by atoms with Crippen molar-refractivity contribution in [2.75, 3.05) is 13.1 Å². The molecule has 0 saturated carbocycles. The van der Waals surface area contributed by atoms with Crippen molar-refractivity contribution in [2.45, 2.75) is 39.0 Å². The maximum atomic E-state index is 12.2. The molecule has 1 aliphatic rings. The summed E-state index contributed by atoms with van der Waals surface area (Å²) in [5.41, 5.74) is 2.51. The molecule has 0 bridgehead atoms. The molecule has 21 heavy (non-hydrogen) atoms. The van der Waals surface area contributed by atoms with Gasteiger partial charge in [-0.1, -0.05) is 25.1 Å². The molecule has 0 atom stereocenters. The first kappa shape index (κ1) is 14.2. The minimum Gasteiger partial charge on any atom is -0.361 e. The Morgan fingerprint density at radius 2 is 2.05 bits per heavy atom. The first-order chi connectivity index (χ1) is 10.2. The van der Waals surface area contributed by atoms with Crippen molar-refractivity contribution in [2.24, 2.45) is 5.92 Å². The van der Waals surface area contributed by atoms with Crippen LogP contribution in [0.1, 0.15) is 38.2 Å². The normalized spacial score (nSPS) is 16.5. The van der Waals surface area contributed by atoms with Crippen molar-refractivity contribution in [1.29, 1.82) is 0 Å². The number of piperidine rings is 1. The third-order valence-electron chi connectivity index (χ3n) is 4.65. The lowest BCUT2D eigenvalue weighted by atomic mass is 9.98. The lowest BCUT2D eigenvalue weighted by Crippen LogP contribution is -2.37. The maximum Gasteiger partial charge on any atom is 0.222 e. The molecule has 3 rings (SSSR count). The number of H-pyrrole nitrogens is 1. The summed E-state index contributed by atoms with van der Waals surface area (Å²) in [7, 11) is 0. The van der Waals surface area contributed by atoms with E-state index in [1.165, 1.54) is 16.5 Å². The van der Waals surface area contributed by atoms with Crippen LogP contribution in [0.25, 0.3) is 10.9 Å². The highest BCUT2D eigenvalue weighted by atomic mass is 16.2. The fourth-order valence-corrected chi connectivity index (χ4v) is 3.18. The number of aryl methyl sites for hydroxylation is 1. The number of carbonyl (C=O) groups excluding carboxylic acids is 1. The van der Waals surface area contributed by atoms with Crippen LogP contribution in [0.4, 0.5) is 0 Å². The monoisotopic (exact) mass is 284 g/mol. The summed E-state index contributed by atoms with van der Waals surface area (Å²) in [5, 5.41) is 1.29. The zero-order valence-corrected chi connectivity index (χ0v) is 12.8. The zero-order chi connectivity index (χ0) is 14.7. The Morgan fingerprint density at radius 1 is 1.29 bits per heavy atom. The van der Waals surface area contributed by atoms with Crippen molar-refractivity contribution >= 4 is 16.8 Å². The SMILES string of the molecule is CC1CCN(C(=O)CCCc2c[nH]c3ccccc23)CC1. The van der Waals surface area contributed by atoms with Gasteiger partial charge < -0.3 is 9.88 Å². The van der Waals surface area contributed by atoms with Gasteiger partial charge in [0.1, 0.15) is 0 Å². The summed E-state index contributed by atoms with van der Waals surface area (Å²) in [4.78, 5) is 17.6. The third-order valence-corrected chi connectivity index (χ3v) is 4.65. The summed E-state index contributed by atoms with van der Waals surface area (Å²) in [6.07, 6.45) is 6.99. The van der Waals surface area contributed by atoms with Gasteiger partial charge in [-0.2, -0.15) is 0 Å². The van der Waals surface area contributed by atoms with E-state index in [0.717, 1.165) is 44.7 Å². The first-order valence-corrected chi connectivity index (χ1v) is 8.07. The number of nitrogens with one attached hydrogen (secondary N) is 1. The van der Waals surface area contributed by atoms with Gasteiger partial charge in [-0.15, -0.1) is 0 Å². The lowest BCUT2D eigenvalue weighted by molar-refractivity contribution is -0.132. The van der Waals surface area contributed by atoms with E-state index >= 15 is 0 Å². The molecule has 1 aromatic carbocycles. The smallest absolute Gasteiger partial charge is 0.222 e. The van der Waals surface area contributed by atoms with Crippen LogP contribution in [0.3, 0.4) is 0 Å². The molecule has 0 unspecified atom stereocenters. The Kier molecular flexibility index (Phi) is 4.28. The molecule has 0 aliphatic carbocycles. The van der Waals surface area contributed by atoms with Crippen molar-refractivity contribution in [3.8, 4) is 0 Å². The maximum absolute atomic E-state index is 12.2. The largest absolute Gasteiger partial charge is 0.361 e. The Morgan fingerprint density at radius 3 is 2.86 bits per heavy atom. The number of rotatable bonds is 4. The highest BCUT2D eigenvalue weighted by Gasteiger charge is 2.19. The summed E-state index contributed by atoms with van der Waals surface area (Å²) < 4.78 is 0. The summed E-state index contributed by atoms with van der Waals surface area (Å²) in [5.74, 6) is 1.11. The number of hydrogen-bond acceptors (Lipinski definition) is 1. The van der Waals surface area contributed by atoms with Crippen LogP contribution in [-0.2, 0) is 11.2 Å². The molecule has 3 heteroatoms. The number of para-hydroxylation sites is 1. The first-order valence-electron chi connectivity index (χ1n) is 8.07. The van der Waals surface area contributed by atoms with Crippen LogP contribution in [0.2, 0.25) is 0 Å². The molecule has 0 radical (unpaired) electrons. The molecule has 1 fully saturated rings. The van der Waals surface area contributed by atoms with Gasteiger partial charge in [0.15, 0.2) is 0 Å². The molecular weight excluding hydrogens is 260 g/mol. The second-order valence-corrected chi connectivity index (χ2v) is 6.28. The van der Waals surface area contributed by atoms with Crippen molar-refractivity contribution in [1.82, 2.24) is 9.88 Å². The van der Waals surface area contributed by atoms with E-state index in [1.54, 1.807) is 0 Å². The number of aromatic nitrogens is 1. The number of nitrogens with zero attached hydrogens (tertiary/aromatic N) is 1. The van der Waals surface area contributed by atoms with Gasteiger partial charge in [0.25, 0.3) is 0 Å². The van der Waals surface area contributed by atoms with Crippen LogP contribution >= 0.6 is 0 Å².